The Kier molecular flexibility index (Phi) is 0.981. The summed E-state index contributed by atoms with van der Waals surface area (Å²) in [4.78, 5) is 0. The number of hydrogen-bond donors (Lipinski definition) is 1. The first-order chi connectivity index (χ1) is 3.80. The molecule has 1 aliphatic heterocycles. The molecule has 1 N–H and O–H groups in total. The largest absolute Gasteiger partial charge is 0.297 e. The molecule has 9 heavy (non-hydrogen) atoms. The van der Waals surface area contributed by atoms with E-state index < -0.39 is 8.48 Å². The molecule has 1 saturated heterocycles. The molecule has 1 fully saturated rings. The molecule has 1 nitrogen and oxygen atoms in total. The van der Waals surface area contributed by atoms with Gasteiger partial charge in [-0.1, -0.05) is 0 Å². The average molecular weight is 149 g/mol. The predicted octanol–water partition coefficient (Wildman–Crippen LogP) is 1.29. The summed E-state index contributed by atoms with van der Waals surface area (Å²) in [6.07, 6.45) is 8.72. The summed E-state index contributed by atoms with van der Waals surface area (Å²) < 4.78 is 3.55. The first-order valence-electron chi connectivity index (χ1n) is 3.51. The second-order valence-electron chi connectivity index (χ2n) is 5.03. The maximum atomic E-state index is 3.55. The number of hydrogen-bond acceptors (Lipinski definition) is 1. The molecular weight excluding hydrogens is 130 g/mol. The van der Waals surface area contributed by atoms with Crippen LogP contribution in [0.4, 0.5) is 0 Å². The van der Waals surface area contributed by atoms with Gasteiger partial charge in [-0.05, 0) is 43.7 Å². The van der Waals surface area contributed by atoms with Gasteiger partial charge in [0.05, 0.1) is 0 Å². The zero-order valence-electron chi connectivity index (χ0n) is 7.03. The summed E-state index contributed by atoms with van der Waals surface area (Å²) in [5.41, 5.74) is 0. The Balaban J connectivity index is 2.91. The normalized spacial score (nSPS) is 42.7. The van der Waals surface area contributed by atoms with E-state index in [4.69, 9.17) is 0 Å². The molecule has 0 aliphatic carbocycles. The van der Waals surface area contributed by atoms with E-state index in [1.807, 2.05) is 0 Å². The lowest BCUT2D eigenvalue weighted by Gasteiger charge is -2.79. The molecule has 0 aromatic carbocycles. The third-order valence-electron chi connectivity index (χ3n) is 2.91. The summed E-state index contributed by atoms with van der Waals surface area (Å²) >= 11 is 0. The Morgan fingerprint density at radius 1 is 1.11 bits per heavy atom. The van der Waals surface area contributed by atoms with Crippen LogP contribution in [0.3, 0.4) is 0 Å². The molecule has 0 atom stereocenters. The van der Waals surface area contributed by atoms with E-state index in [1.54, 1.807) is 0 Å². The summed E-state index contributed by atoms with van der Waals surface area (Å²) in [5.74, 6) is 2.83. The van der Waals surface area contributed by atoms with Gasteiger partial charge in [0.15, 0.2) is 0 Å². The maximum Gasteiger partial charge on any atom is -0.00855 e. The van der Waals surface area contributed by atoms with Crippen molar-refractivity contribution in [2.75, 3.05) is 37.3 Å². The van der Waals surface area contributed by atoms with Crippen LogP contribution < -0.4 is 4.72 Å². The topological polar surface area (TPSA) is 12.0 Å². The molecule has 0 bridgehead atoms. The fourth-order valence-corrected chi connectivity index (χ4v) is 4.08. The second-order valence-corrected chi connectivity index (χ2v) is 14.4. The molecule has 2 heteroatoms. The first kappa shape index (κ1) is 7.42. The van der Waals surface area contributed by atoms with E-state index in [-0.39, 0.29) is 0 Å². The van der Waals surface area contributed by atoms with Gasteiger partial charge in [-0.15, -0.1) is 0 Å². The van der Waals surface area contributed by atoms with Gasteiger partial charge in [0.25, 0.3) is 0 Å². The minimum absolute atomic E-state index is 1.41. The smallest absolute Gasteiger partial charge is 0.00855 e. The lowest BCUT2D eigenvalue weighted by Crippen LogP contribution is -2.56. The highest BCUT2D eigenvalue weighted by molar-refractivity contribution is 8.62. The van der Waals surface area contributed by atoms with Crippen LogP contribution in [0.1, 0.15) is 6.42 Å². The highest BCUT2D eigenvalue weighted by Crippen LogP contribution is 2.83. The fourth-order valence-electron chi connectivity index (χ4n) is 1.36. The Morgan fingerprint density at radius 3 is 1.56 bits per heavy atom. The van der Waals surface area contributed by atoms with Crippen LogP contribution in [0, 0.1) is 0 Å². The maximum absolute atomic E-state index is 3.55. The molecule has 0 aromatic rings. The zero-order chi connectivity index (χ0) is 7.24. The summed E-state index contributed by atoms with van der Waals surface area (Å²) in [6, 6.07) is 0. The van der Waals surface area contributed by atoms with Crippen molar-refractivity contribution in [1.29, 1.82) is 0 Å². The minimum atomic E-state index is -1.60. The van der Waals surface area contributed by atoms with Crippen molar-refractivity contribution in [2.45, 2.75) is 6.42 Å². The van der Waals surface area contributed by atoms with Gasteiger partial charge in [0.1, 0.15) is 0 Å². The van der Waals surface area contributed by atoms with Crippen LogP contribution in [0.25, 0.3) is 0 Å². The van der Waals surface area contributed by atoms with Crippen LogP contribution in [0.15, 0.2) is 0 Å². The molecule has 58 valence electrons. The van der Waals surface area contributed by atoms with Crippen LogP contribution in [-0.2, 0) is 0 Å². The zero-order valence-corrected chi connectivity index (χ0v) is 7.85. The van der Waals surface area contributed by atoms with Crippen molar-refractivity contribution in [2.24, 2.45) is 0 Å². The van der Waals surface area contributed by atoms with Gasteiger partial charge in [-0.25, -0.2) is 8.48 Å². The number of rotatable bonds is 1. The van der Waals surface area contributed by atoms with Crippen LogP contribution in [-0.4, -0.2) is 37.3 Å². The third-order valence-corrected chi connectivity index (χ3v) is 8.72. The molecule has 0 saturated carbocycles. The molecule has 1 aliphatic rings. The average Bonchev–Trinajstić information content (AvgIpc) is 1.64. The van der Waals surface area contributed by atoms with Gasteiger partial charge in [0.2, 0.25) is 0 Å². The lowest BCUT2D eigenvalue weighted by molar-refractivity contribution is 0.928. The molecule has 1 rings (SSSR count). The van der Waals surface area contributed by atoms with Crippen molar-refractivity contribution in [3.8, 4) is 0 Å². The van der Waals surface area contributed by atoms with Gasteiger partial charge < -0.3 is 0 Å². The Morgan fingerprint density at radius 2 is 1.56 bits per heavy atom. The second kappa shape index (κ2) is 1.19. The molecular formula is C7H19NS. The van der Waals surface area contributed by atoms with Gasteiger partial charge in [-0.2, -0.15) is 0 Å². The van der Waals surface area contributed by atoms with E-state index >= 15 is 0 Å². The fraction of sp³-hybridized carbons (Fsp3) is 1.00. The minimum Gasteiger partial charge on any atom is -0.297 e. The summed E-state index contributed by atoms with van der Waals surface area (Å²) in [5, 5.41) is 0. The monoisotopic (exact) mass is 149 g/mol. The SMILES string of the molecule is CNS1(C)(C)(C)CCC1. The Hall–Kier alpha value is 0.310. The Bertz CT molecular complexity index is 130. The van der Waals surface area contributed by atoms with Crippen LogP contribution in [0.5, 0.6) is 0 Å². The van der Waals surface area contributed by atoms with Gasteiger partial charge in [-0.3, -0.25) is 4.72 Å². The van der Waals surface area contributed by atoms with Crippen molar-refractivity contribution < 1.29 is 0 Å². The first-order valence-corrected chi connectivity index (χ1v) is 7.52. The Labute approximate surface area is 57.6 Å². The molecule has 0 unspecified atom stereocenters. The predicted molar refractivity (Wildman–Crippen MR) is 48.8 cm³/mol. The van der Waals surface area contributed by atoms with E-state index in [0.29, 0.717) is 0 Å². The molecule has 0 radical (unpaired) electrons. The molecule has 1 heterocycles. The van der Waals surface area contributed by atoms with Gasteiger partial charge >= 0.3 is 0 Å². The van der Waals surface area contributed by atoms with E-state index in [2.05, 4.69) is 30.5 Å². The van der Waals surface area contributed by atoms with Gasteiger partial charge in [0, 0.05) is 0 Å². The standard InChI is InChI=1S/C7H19NS/c1-8-9(2,3,4)6-5-7-9/h8H,5-7H2,1-4H3. The van der Waals surface area contributed by atoms with Crippen molar-refractivity contribution in [3.63, 3.8) is 0 Å². The number of nitrogens with one attached hydrogen (secondary N) is 1. The summed E-state index contributed by atoms with van der Waals surface area (Å²) in [6.45, 7) is 0. The van der Waals surface area contributed by atoms with E-state index in [0.717, 1.165) is 0 Å². The van der Waals surface area contributed by atoms with Crippen LogP contribution >= 0.6 is 8.48 Å². The van der Waals surface area contributed by atoms with Crippen LogP contribution in [0.2, 0.25) is 0 Å². The van der Waals surface area contributed by atoms with E-state index in [9.17, 15) is 0 Å². The third kappa shape index (κ3) is 1.10. The molecule has 0 amide bonds. The van der Waals surface area contributed by atoms with Crippen molar-refractivity contribution in [3.05, 3.63) is 0 Å². The lowest BCUT2D eigenvalue weighted by atomic mass is 10.5. The summed E-state index contributed by atoms with van der Waals surface area (Å²) in [7, 11) is 0.512. The quantitative estimate of drug-likeness (QED) is 0.592. The van der Waals surface area contributed by atoms with Crippen molar-refractivity contribution >= 4 is 8.48 Å². The van der Waals surface area contributed by atoms with Crippen molar-refractivity contribution in [1.82, 2.24) is 4.72 Å². The molecule has 0 aromatic heterocycles. The highest BCUT2D eigenvalue weighted by Gasteiger charge is 2.51. The molecule has 0 spiro atoms. The van der Waals surface area contributed by atoms with E-state index in [1.165, 1.54) is 17.9 Å². The highest BCUT2D eigenvalue weighted by atomic mass is 32.4.